The number of aromatic nitrogens is 3. The fourth-order valence-corrected chi connectivity index (χ4v) is 4.67. The van der Waals surface area contributed by atoms with Crippen molar-refractivity contribution in [1.82, 2.24) is 24.4 Å². The largest absolute Gasteiger partial charge is 0.349 e. The molecule has 174 valence electrons. The van der Waals surface area contributed by atoms with Crippen molar-refractivity contribution >= 4 is 23.2 Å². The molecule has 0 spiro atoms. The maximum atomic E-state index is 14.5. The lowest BCUT2D eigenvalue weighted by Gasteiger charge is -2.37. The summed E-state index contributed by atoms with van der Waals surface area (Å²) in [7, 11) is 2.05. The van der Waals surface area contributed by atoms with E-state index in [0.29, 0.717) is 48.8 Å². The number of halogens is 2. The zero-order valence-electron chi connectivity index (χ0n) is 18.7. The van der Waals surface area contributed by atoms with Crippen molar-refractivity contribution in [2.24, 2.45) is 0 Å². The quantitative estimate of drug-likeness (QED) is 0.655. The molecule has 33 heavy (non-hydrogen) atoms. The Kier molecular flexibility index (Phi) is 5.61. The van der Waals surface area contributed by atoms with E-state index in [1.165, 1.54) is 12.1 Å². The van der Waals surface area contributed by atoms with E-state index in [9.17, 15) is 13.6 Å². The van der Waals surface area contributed by atoms with Gasteiger partial charge in [0.2, 0.25) is 0 Å². The third-order valence-corrected chi connectivity index (χ3v) is 6.71. The number of urea groups is 1. The van der Waals surface area contributed by atoms with Gasteiger partial charge in [0.1, 0.15) is 23.1 Å². The Hall–Kier alpha value is -3.27. The first kappa shape index (κ1) is 21.6. The van der Waals surface area contributed by atoms with Crippen molar-refractivity contribution in [2.45, 2.75) is 31.8 Å². The minimum absolute atomic E-state index is 0.182. The first-order chi connectivity index (χ1) is 15.9. The fraction of sp³-hybridized carbons (Fsp3) is 0.435. The highest BCUT2D eigenvalue weighted by Gasteiger charge is 2.30. The molecule has 2 aliphatic heterocycles. The summed E-state index contributed by atoms with van der Waals surface area (Å²) in [4.78, 5) is 23.6. The molecular formula is C23H27F2N7O. The molecule has 2 saturated heterocycles. The van der Waals surface area contributed by atoms with Crippen LogP contribution in [0, 0.1) is 11.6 Å². The summed E-state index contributed by atoms with van der Waals surface area (Å²) >= 11 is 0. The zero-order chi connectivity index (χ0) is 23.1. The molecule has 0 bridgehead atoms. The van der Waals surface area contributed by atoms with Crippen LogP contribution in [-0.4, -0.2) is 69.7 Å². The standard InChI is InChI=1S/C23H27F2N7O/c1-15-14-30(11-10-29(15)2)23(33)27-19-13-26-32-9-7-21(28-22(19)32)31-8-3-4-20(31)17-12-16(24)5-6-18(17)25/h5-7,9,12-13,15,20H,3-4,8,10-11,14H2,1-2H3,(H,27,33)/t15-,20?/m0/s1. The van der Waals surface area contributed by atoms with Gasteiger partial charge in [-0.05, 0) is 51.1 Å². The summed E-state index contributed by atoms with van der Waals surface area (Å²) in [6, 6.07) is 5.17. The lowest BCUT2D eigenvalue weighted by Crippen LogP contribution is -2.53. The number of rotatable bonds is 3. The normalized spacial score (nSPS) is 21.7. The van der Waals surface area contributed by atoms with Gasteiger partial charge in [0.15, 0.2) is 5.65 Å². The number of benzene rings is 1. The third-order valence-electron chi connectivity index (χ3n) is 6.71. The van der Waals surface area contributed by atoms with Gasteiger partial charge in [-0.15, -0.1) is 0 Å². The third kappa shape index (κ3) is 4.10. The highest BCUT2D eigenvalue weighted by atomic mass is 19.1. The first-order valence-electron chi connectivity index (χ1n) is 11.2. The molecular weight excluding hydrogens is 428 g/mol. The Bertz CT molecular complexity index is 1180. The predicted molar refractivity (Wildman–Crippen MR) is 121 cm³/mol. The van der Waals surface area contributed by atoms with Gasteiger partial charge >= 0.3 is 6.03 Å². The zero-order valence-corrected chi connectivity index (χ0v) is 18.7. The van der Waals surface area contributed by atoms with Crippen LogP contribution < -0.4 is 10.2 Å². The molecule has 0 aliphatic carbocycles. The van der Waals surface area contributed by atoms with E-state index in [1.54, 1.807) is 21.8 Å². The van der Waals surface area contributed by atoms with Gasteiger partial charge in [-0.2, -0.15) is 5.10 Å². The number of nitrogens with one attached hydrogen (secondary N) is 1. The number of anilines is 2. The van der Waals surface area contributed by atoms with Gasteiger partial charge < -0.3 is 20.0 Å². The van der Waals surface area contributed by atoms with Crippen molar-refractivity contribution in [3.63, 3.8) is 0 Å². The number of carbonyl (C=O) groups is 1. The highest BCUT2D eigenvalue weighted by Crippen LogP contribution is 2.37. The van der Waals surface area contributed by atoms with Crippen LogP contribution in [0.1, 0.15) is 31.4 Å². The number of hydrogen-bond acceptors (Lipinski definition) is 5. The summed E-state index contributed by atoms with van der Waals surface area (Å²) in [5, 5.41) is 7.24. The molecule has 5 rings (SSSR count). The minimum atomic E-state index is -0.458. The lowest BCUT2D eigenvalue weighted by molar-refractivity contribution is 0.125. The van der Waals surface area contributed by atoms with Gasteiger partial charge in [-0.1, -0.05) is 0 Å². The molecule has 2 fully saturated rings. The molecule has 3 aromatic rings. The Morgan fingerprint density at radius 3 is 2.85 bits per heavy atom. The monoisotopic (exact) mass is 455 g/mol. The van der Waals surface area contributed by atoms with Crippen LogP contribution >= 0.6 is 0 Å². The summed E-state index contributed by atoms with van der Waals surface area (Å²) in [6.07, 6.45) is 4.90. The first-order valence-corrected chi connectivity index (χ1v) is 11.2. The Morgan fingerprint density at radius 1 is 1.18 bits per heavy atom. The van der Waals surface area contributed by atoms with Gasteiger partial charge in [0.25, 0.3) is 0 Å². The molecule has 1 N–H and O–H groups in total. The van der Waals surface area contributed by atoms with Crippen LogP contribution in [0.2, 0.25) is 0 Å². The Balaban J connectivity index is 1.40. The minimum Gasteiger partial charge on any atom is -0.349 e. The van der Waals surface area contributed by atoms with E-state index in [2.05, 4.69) is 29.3 Å². The molecule has 10 heteroatoms. The number of carbonyl (C=O) groups excluding carboxylic acids is 1. The highest BCUT2D eigenvalue weighted by molar-refractivity contribution is 5.93. The van der Waals surface area contributed by atoms with Gasteiger partial charge in [-0.25, -0.2) is 23.1 Å². The molecule has 2 atom stereocenters. The predicted octanol–water partition coefficient (Wildman–Crippen LogP) is 3.52. The SMILES string of the molecule is C[C@H]1CN(C(=O)Nc2cnn3ccc(N4CCCC4c4cc(F)ccc4F)nc23)CCN1C. The van der Waals surface area contributed by atoms with Crippen molar-refractivity contribution in [3.8, 4) is 0 Å². The van der Waals surface area contributed by atoms with Crippen LogP contribution in [0.5, 0.6) is 0 Å². The summed E-state index contributed by atoms with van der Waals surface area (Å²) in [5.41, 5.74) is 1.36. The molecule has 0 radical (unpaired) electrons. The second-order valence-electron chi connectivity index (χ2n) is 8.84. The van der Waals surface area contributed by atoms with E-state index < -0.39 is 11.6 Å². The smallest absolute Gasteiger partial charge is 0.322 e. The molecule has 2 aliphatic rings. The number of hydrogen-bond donors (Lipinski definition) is 1. The van der Waals surface area contributed by atoms with E-state index in [-0.39, 0.29) is 18.1 Å². The second-order valence-corrected chi connectivity index (χ2v) is 8.84. The average Bonchev–Trinajstić information content (AvgIpc) is 3.44. The van der Waals surface area contributed by atoms with Crippen LogP contribution in [0.4, 0.5) is 25.1 Å². The van der Waals surface area contributed by atoms with Gasteiger partial charge in [-0.3, -0.25) is 0 Å². The van der Waals surface area contributed by atoms with E-state index >= 15 is 0 Å². The van der Waals surface area contributed by atoms with Crippen molar-refractivity contribution < 1.29 is 13.6 Å². The van der Waals surface area contributed by atoms with E-state index in [4.69, 9.17) is 4.98 Å². The van der Waals surface area contributed by atoms with Crippen LogP contribution in [-0.2, 0) is 0 Å². The molecule has 2 aromatic heterocycles. The molecule has 0 saturated carbocycles. The molecule has 2 amide bonds. The summed E-state index contributed by atoms with van der Waals surface area (Å²) < 4.78 is 29.9. The molecule has 1 aromatic carbocycles. The Labute approximate surface area is 190 Å². The van der Waals surface area contributed by atoms with Crippen LogP contribution in [0.15, 0.2) is 36.7 Å². The van der Waals surface area contributed by atoms with Crippen LogP contribution in [0.3, 0.4) is 0 Å². The lowest BCUT2D eigenvalue weighted by atomic mass is 10.0. The van der Waals surface area contributed by atoms with Gasteiger partial charge in [0.05, 0.1) is 12.2 Å². The average molecular weight is 456 g/mol. The number of piperazine rings is 1. The topological polar surface area (TPSA) is 69.0 Å². The Morgan fingerprint density at radius 2 is 2.03 bits per heavy atom. The maximum absolute atomic E-state index is 14.5. The number of likely N-dealkylation sites (N-methyl/N-ethyl adjacent to an activating group) is 1. The van der Waals surface area contributed by atoms with Gasteiger partial charge in [0, 0.05) is 44.0 Å². The van der Waals surface area contributed by atoms with Crippen LogP contribution in [0.25, 0.3) is 5.65 Å². The molecule has 1 unspecified atom stereocenters. The number of nitrogens with zero attached hydrogens (tertiary/aromatic N) is 6. The molecule has 8 nitrogen and oxygen atoms in total. The number of amides is 2. The van der Waals surface area contributed by atoms with Crippen molar-refractivity contribution in [2.75, 3.05) is 43.4 Å². The number of fused-ring (bicyclic) bond motifs is 1. The van der Waals surface area contributed by atoms with Crippen molar-refractivity contribution in [1.29, 1.82) is 0 Å². The van der Waals surface area contributed by atoms with E-state index in [1.807, 2.05) is 11.0 Å². The second kappa shape index (κ2) is 8.58. The summed E-state index contributed by atoms with van der Waals surface area (Å²) in [5.74, 6) is -0.244. The maximum Gasteiger partial charge on any atom is 0.322 e. The van der Waals surface area contributed by atoms with Crippen molar-refractivity contribution in [3.05, 3.63) is 53.9 Å². The fourth-order valence-electron chi connectivity index (χ4n) is 4.67. The summed E-state index contributed by atoms with van der Waals surface area (Å²) in [6.45, 7) is 4.89. The van der Waals surface area contributed by atoms with E-state index in [0.717, 1.165) is 19.0 Å². The molecule has 4 heterocycles.